The molecule has 1 aromatic carbocycles. The van der Waals surface area contributed by atoms with Crippen molar-refractivity contribution in [3.8, 4) is 0 Å². The highest BCUT2D eigenvalue weighted by atomic mass is 79.9. The molecule has 1 aliphatic rings. The molecule has 0 radical (unpaired) electrons. The van der Waals surface area contributed by atoms with E-state index in [1.807, 2.05) is 0 Å². The van der Waals surface area contributed by atoms with Crippen LogP contribution in [-0.2, 0) is 12.8 Å². The summed E-state index contributed by atoms with van der Waals surface area (Å²) < 4.78 is 2.18. The van der Waals surface area contributed by atoms with Crippen molar-refractivity contribution in [2.75, 3.05) is 0 Å². The molecule has 1 heterocycles. The van der Waals surface area contributed by atoms with Gasteiger partial charge in [-0.05, 0) is 73.9 Å². The predicted molar refractivity (Wildman–Crippen MR) is 85.9 cm³/mol. The van der Waals surface area contributed by atoms with Gasteiger partial charge < -0.3 is 0 Å². The minimum atomic E-state index is -0.0523. The highest BCUT2D eigenvalue weighted by molar-refractivity contribution is 9.13. The second-order valence-electron chi connectivity index (χ2n) is 4.51. The molecular formula is C14H11Br2ClS. The highest BCUT2D eigenvalue weighted by Crippen LogP contribution is 2.41. The smallest absolute Gasteiger partial charge is 0.0928 e. The Morgan fingerprint density at radius 2 is 1.89 bits per heavy atom. The lowest BCUT2D eigenvalue weighted by Crippen LogP contribution is -1.92. The van der Waals surface area contributed by atoms with Crippen LogP contribution in [0.1, 0.15) is 33.4 Å². The van der Waals surface area contributed by atoms with Gasteiger partial charge in [-0.1, -0.05) is 18.2 Å². The summed E-state index contributed by atoms with van der Waals surface area (Å²) in [6.45, 7) is 0. The first-order valence-corrected chi connectivity index (χ1v) is 8.69. The summed E-state index contributed by atoms with van der Waals surface area (Å²) in [5.74, 6) is 0. The SMILES string of the molecule is ClC(c1ccc2c(c1)CCC2)c1cc(Br)c(Br)s1. The Morgan fingerprint density at radius 3 is 2.61 bits per heavy atom. The van der Waals surface area contributed by atoms with Gasteiger partial charge in [0.1, 0.15) is 0 Å². The normalized spacial score (nSPS) is 15.7. The summed E-state index contributed by atoms with van der Waals surface area (Å²) in [6, 6.07) is 8.79. The summed E-state index contributed by atoms with van der Waals surface area (Å²) in [4.78, 5) is 1.17. The maximum absolute atomic E-state index is 6.59. The zero-order chi connectivity index (χ0) is 12.7. The third kappa shape index (κ3) is 2.43. The van der Waals surface area contributed by atoms with E-state index in [0.29, 0.717) is 0 Å². The zero-order valence-corrected chi connectivity index (χ0v) is 14.3. The first-order chi connectivity index (χ1) is 8.65. The van der Waals surface area contributed by atoms with Gasteiger partial charge in [0.25, 0.3) is 0 Å². The first kappa shape index (κ1) is 13.2. The van der Waals surface area contributed by atoms with Crippen molar-refractivity contribution in [2.24, 2.45) is 0 Å². The van der Waals surface area contributed by atoms with Gasteiger partial charge in [0.05, 0.1) is 9.16 Å². The van der Waals surface area contributed by atoms with Crippen LogP contribution in [0, 0.1) is 0 Å². The van der Waals surface area contributed by atoms with Crippen molar-refractivity contribution >= 4 is 54.8 Å². The van der Waals surface area contributed by atoms with Crippen LogP contribution in [-0.4, -0.2) is 0 Å². The molecule has 0 nitrogen and oxygen atoms in total. The van der Waals surface area contributed by atoms with Crippen molar-refractivity contribution in [1.29, 1.82) is 0 Å². The Bertz CT molecular complexity index is 572. The fraction of sp³-hybridized carbons (Fsp3) is 0.286. The molecule has 1 aliphatic carbocycles. The third-order valence-corrected chi connectivity index (χ3v) is 7.27. The molecule has 18 heavy (non-hydrogen) atoms. The summed E-state index contributed by atoms with van der Waals surface area (Å²) >= 11 is 15.3. The van der Waals surface area contributed by atoms with E-state index in [1.54, 1.807) is 11.3 Å². The molecule has 0 amide bonds. The van der Waals surface area contributed by atoms with E-state index in [1.165, 1.54) is 40.8 Å². The van der Waals surface area contributed by atoms with Crippen LogP contribution in [0.3, 0.4) is 0 Å². The van der Waals surface area contributed by atoms with Crippen LogP contribution in [0.5, 0.6) is 0 Å². The number of hydrogen-bond donors (Lipinski definition) is 0. The molecule has 0 saturated carbocycles. The Labute approximate surface area is 133 Å². The van der Waals surface area contributed by atoms with Crippen LogP contribution in [0.25, 0.3) is 0 Å². The second kappa shape index (κ2) is 5.28. The van der Waals surface area contributed by atoms with Crippen LogP contribution in [0.2, 0.25) is 0 Å². The molecule has 0 fully saturated rings. The van der Waals surface area contributed by atoms with E-state index in [4.69, 9.17) is 11.6 Å². The lowest BCUT2D eigenvalue weighted by Gasteiger charge is -2.09. The Morgan fingerprint density at radius 1 is 1.11 bits per heavy atom. The molecule has 0 bridgehead atoms. The quantitative estimate of drug-likeness (QED) is 0.530. The summed E-state index contributed by atoms with van der Waals surface area (Å²) in [6.07, 6.45) is 3.70. The van der Waals surface area contributed by atoms with Gasteiger partial charge in [0.2, 0.25) is 0 Å². The van der Waals surface area contributed by atoms with Crippen molar-refractivity contribution in [1.82, 2.24) is 0 Å². The van der Waals surface area contributed by atoms with Crippen molar-refractivity contribution < 1.29 is 0 Å². The molecular weight excluding hydrogens is 395 g/mol. The minimum absolute atomic E-state index is 0.0523. The molecule has 0 saturated heterocycles. The fourth-order valence-corrected chi connectivity index (χ4v) is 4.83. The Kier molecular flexibility index (Phi) is 3.86. The maximum atomic E-state index is 6.59. The van der Waals surface area contributed by atoms with Gasteiger partial charge in [-0.2, -0.15) is 0 Å². The van der Waals surface area contributed by atoms with E-state index in [9.17, 15) is 0 Å². The maximum Gasteiger partial charge on any atom is 0.0928 e. The Balaban J connectivity index is 1.94. The Hall–Kier alpha value is 0.170. The van der Waals surface area contributed by atoms with Gasteiger partial charge >= 0.3 is 0 Å². The average Bonchev–Trinajstić information content (AvgIpc) is 2.95. The monoisotopic (exact) mass is 404 g/mol. The molecule has 1 unspecified atom stereocenters. The predicted octanol–water partition coefficient (Wildman–Crippen LogP) is 6.09. The summed E-state index contributed by atoms with van der Waals surface area (Å²) in [7, 11) is 0. The average molecular weight is 407 g/mol. The van der Waals surface area contributed by atoms with Gasteiger partial charge in [0.15, 0.2) is 0 Å². The number of benzene rings is 1. The summed E-state index contributed by atoms with van der Waals surface area (Å²) in [5.41, 5.74) is 4.18. The fourth-order valence-electron chi connectivity index (χ4n) is 2.40. The number of thiophene rings is 1. The van der Waals surface area contributed by atoms with Gasteiger partial charge in [-0.3, -0.25) is 0 Å². The summed E-state index contributed by atoms with van der Waals surface area (Å²) in [5, 5.41) is -0.0523. The number of fused-ring (bicyclic) bond motifs is 1. The molecule has 4 heteroatoms. The molecule has 94 valence electrons. The van der Waals surface area contributed by atoms with Crippen molar-refractivity contribution in [3.63, 3.8) is 0 Å². The van der Waals surface area contributed by atoms with Crippen LogP contribution < -0.4 is 0 Å². The second-order valence-corrected chi connectivity index (χ2v) is 8.21. The lowest BCUT2D eigenvalue weighted by atomic mass is 10.0. The van der Waals surface area contributed by atoms with E-state index in [-0.39, 0.29) is 5.38 Å². The van der Waals surface area contributed by atoms with Gasteiger partial charge in [0, 0.05) is 9.35 Å². The number of aryl methyl sites for hydroxylation is 2. The van der Waals surface area contributed by atoms with Crippen LogP contribution in [0.4, 0.5) is 0 Å². The molecule has 3 rings (SSSR count). The number of alkyl halides is 1. The molecule has 2 aromatic rings. The van der Waals surface area contributed by atoms with E-state index in [2.05, 4.69) is 56.1 Å². The third-order valence-electron chi connectivity index (χ3n) is 3.33. The van der Waals surface area contributed by atoms with Crippen molar-refractivity contribution in [3.05, 3.63) is 54.1 Å². The lowest BCUT2D eigenvalue weighted by molar-refractivity contribution is 0.911. The number of rotatable bonds is 2. The largest absolute Gasteiger partial charge is 0.130 e. The number of halogens is 3. The topological polar surface area (TPSA) is 0 Å². The molecule has 0 N–H and O–H groups in total. The van der Waals surface area contributed by atoms with Gasteiger partial charge in [-0.25, -0.2) is 0 Å². The van der Waals surface area contributed by atoms with Crippen LogP contribution in [0.15, 0.2) is 32.5 Å². The van der Waals surface area contributed by atoms with Crippen LogP contribution >= 0.6 is 54.8 Å². The zero-order valence-electron chi connectivity index (χ0n) is 9.55. The van der Waals surface area contributed by atoms with Gasteiger partial charge in [-0.15, -0.1) is 22.9 Å². The first-order valence-electron chi connectivity index (χ1n) is 5.85. The minimum Gasteiger partial charge on any atom is -0.130 e. The number of hydrogen-bond acceptors (Lipinski definition) is 1. The van der Waals surface area contributed by atoms with E-state index in [0.717, 1.165) is 8.26 Å². The van der Waals surface area contributed by atoms with Crippen molar-refractivity contribution in [2.45, 2.75) is 24.6 Å². The van der Waals surface area contributed by atoms with E-state index >= 15 is 0 Å². The van der Waals surface area contributed by atoms with E-state index < -0.39 is 0 Å². The molecule has 0 aliphatic heterocycles. The highest BCUT2D eigenvalue weighted by Gasteiger charge is 2.18. The molecule has 1 aromatic heterocycles. The molecule has 0 spiro atoms. The molecule has 1 atom stereocenters. The standard InChI is InChI=1S/C14H11Br2ClS/c15-11-7-12(18-14(11)16)13(17)10-5-4-8-2-1-3-9(8)6-10/h4-7,13H,1-3H2.